The quantitative estimate of drug-likeness (QED) is 0.819. The molecule has 0 aliphatic carbocycles. The average Bonchev–Trinajstić information content (AvgIpc) is 2.48. The van der Waals surface area contributed by atoms with Gasteiger partial charge in [0.2, 0.25) is 10.0 Å². The van der Waals surface area contributed by atoms with Gasteiger partial charge in [0.1, 0.15) is 10.7 Å². The Labute approximate surface area is 95.9 Å². The molecule has 0 saturated heterocycles. The monoisotopic (exact) mass is 246 g/mol. The van der Waals surface area contributed by atoms with Gasteiger partial charge in [0.25, 0.3) is 0 Å². The lowest BCUT2D eigenvalue weighted by molar-refractivity contribution is 0.311. The molecule has 3 N–H and O–H groups in total. The maximum absolute atomic E-state index is 12.1. The second-order valence-electron chi connectivity index (χ2n) is 4.97. The SMILES string of the molecule is CN(CC(C)(C)C)S(=O)(=O)c1cn[nH]c1N. The number of nitrogens with two attached hydrogens (primary N) is 1. The molecule has 0 radical (unpaired) electrons. The van der Waals surface area contributed by atoms with E-state index in [9.17, 15) is 8.42 Å². The minimum Gasteiger partial charge on any atom is -0.383 e. The number of hydrogen-bond donors (Lipinski definition) is 2. The number of nitrogen functional groups attached to an aromatic ring is 1. The summed E-state index contributed by atoms with van der Waals surface area (Å²) in [6.07, 6.45) is 1.23. The Kier molecular flexibility index (Phi) is 3.30. The van der Waals surface area contributed by atoms with Crippen LogP contribution in [0.2, 0.25) is 0 Å². The van der Waals surface area contributed by atoms with Crippen molar-refractivity contribution < 1.29 is 8.42 Å². The number of rotatable bonds is 3. The van der Waals surface area contributed by atoms with Crippen molar-refractivity contribution in [2.75, 3.05) is 19.3 Å². The predicted molar refractivity (Wildman–Crippen MR) is 62.3 cm³/mol. The third-order valence-corrected chi connectivity index (χ3v) is 3.85. The lowest BCUT2D eigenvalue weighted by Gasteiger charge is -2.25. The molecule has 92 valence electrons. The summed E-state index contributed by atoms with van der Waals surface area (Å²) in [6.45, 7) is 6.33. The highest BCUT2D eigenvalue weighted by atomic mass is 32.2. The first-order valence-electron chi connectivity index (χ1n) is 4.90. The second-order valence-corrected chi connectivity index (χ2v) is 6.98. The molecule has 0 bridgehead atoms. The highest BCUT2D eigenvalue weighted by molar-refractivity contribution is 7.89. The van der Waals surface area contributed by atoms with Gasteiger partial charge in [0.05, 0.1) is 6.20 Å². The summed E-state index contributed by atoms with van der Waals surface area (Å²) in [6, 6.07) is 0. The zero-order valence-electron chi connectivity index (χ0n) is 9.98. The molecule has 1 aromatic rings. The predicted octanol–water partition coefficient (Wildman–Crippen LogP) is 0.659. The summed E-state index contributed by atoms with van der Waals surface area (Å²) in [7, 11) is -2.01. The summed E-state index contributed by atoms with van der Waals surface area (Å²) in [5, 5.41) is 6.03. The molecule has 0 amide bonds. The molecule has 7 heteroatoms. The Hall–Kier alpha value is -1.08. The average molecular weight is 246 g/mol. The molecule has 1 rings (SSSR count). The van der Waals surface area contributed by atoms with Crippen LogP contribution in [0.15, 0.2) is 11.1 Å². The standard InChI is InChI=1S/C9H18N4O2S/c1-9(2,3)6-13(4)16(14,15)7-5-11-12-8(7)10/h5H,6H2,1-4H3,(H3,10,11,12). The number of aromatic nitrogens is 2. The number of nitrogens with one attached hydrogen (secondary N) is 1. The fourth-order valence-electron chi connectivity index (χ4n) is 1.41. The van der Waals surface area contributed by atoms with Gasteiger partial charge >= 0.3 is 0 Å². The Morgan fingerprint density at radius 1 is 1.50 bits per heavy atom. The maximum Gasteiger partial charge on any atom is 0.248 e. The number of sulfonamides is 1. The van der Waals surface area contributed by atoms with Gasteiger partial charge in [-0.25, -0.2) is 12.7 Å². The van der Waals surface area contributed by atoms with Gasteiger partial charge in [-0.2, -0.15) is 5.10 Å². The Bertz CT molecular complexity index is 458. The van der Waals surface area contributed by atoms with Gasteiger partial charge < -0.3 is 5.73 Å². The van der Waals surface area contributed by atoms with Crippen molar-refractivity contribution in [3.05, 3.63) is 6.20 Å². The van der Waals surface area contributed by atoms with Crippen LogP contribution >= 0.6 is 0 Å². The number of nitrogens with zero attached hydrogens (tertiary/aromatic N) is 2. The van der Waals surface area contributed by atoms with Crippen molar-refractivity contribution in [1.29, 1.82) is 0 Å². The van der Waals surface area contributed by atoms with Gasteiger partial charge in [-0.3, -0.25) is 5.10 Å². The van der Waals surface area contributed by atoms with Gasteiger partial charge in [0, 0.05) is 13.6 Å². The molecule has 0 saturated carbocycles. The van der Waals surface area contributed by atoms with Gasteiger partial charge in [-0.15, -0.1) is 0 Å². The van der Waals surface area contributed by atoms with E-state index in [0.29, 0.717) is 6.54 Å². The highest BCUT2D eigenvalue weighted by Gasteiger charge is 2.27. The van der Waals surface area contributed by atoms with E-state index in [2.05, 4.69) is 10.2 Å². The molecular weight excluding hydrogens is 228 g/mol. The van der Waals surface area contributed by atoms with Crippen LogP contribution in [0.4, 0.5) is 5.82 Å². The molecule has 0 spiro atoms. The van der Waals surface area contributed by atoms with E-state index < -0.39 is 10.0 Å². The second kappa shape index (κ2) is 4.06. The summed E-state index contributed by atoms with van der Waals surface area (Å²) < 4.78 is 25.4. The molecule has 1 heterocycles. The van der Waals surface area contributed by atoms with Crippen LogP contribution in [0, 0.1) is 5.41 Å². The topological polar surface area (TPSA) is 92.1 Å². The van der Waals surface area contributed by atoms with E-state index >= 15 is 0 Å². The van der Waals surface area contributed by atoms with Gasteiger partial charge in [-0.05, 0) is 5.41 Å². The molecule has 16 heavy (non-hydrogen) atoms. The van der Waals surface area contributed by atoms with Crippen LogP contribution in [-0.2, 0) is 10.0 Å². The van der Waals surface area contributed by atoms with Crippen LogP contribution in [0.3, 0.4) is 0 Å². The lowest BCUT2D eigenvalue weighted by atomic mass is 9.97. The molecule has 1 aromatic heterocycles. The van der Waals surface area contributed by atoms with E-state index in [4.69, 9.17) is 5.73 Å². The molecule has 6 nitrogen and oxygen atoms in total. The zero-order chi connectivity index (χ0) is 12.6. The minimum absolute atomic E-state index is 0.0271. The third-order valence-electron chi connectivity index (χ3n) is 2.02. The van der Waals surface area contributed by atoms with Gasteiger partial charge in [-0.1, -0.05) is 20.8 Å². The molecule has 0 atom stereocenters. The Morgan fingerprint density at radius 2 is 2.06 bits per heavy atom. The number of anilines is 1. The largest absolute Gasteiger partial charge is 0.383 e. The van der Waals surface area contributed by atoms with Crippen molar-refractivity contribution >= 4 is 15.8 Å². The minimum atomic E-state index is -3.54. The normalized spacial score (nSPS) is 13.3. The lowest BCUT2D eigenvalue weighted by Crippen LogP contribution is -2.34. The first-order valence-corrected chi connectivity index (χ1v) is 6.34. The Balaban J connectivity index is 3.00. The fraction of sp³-hybridized carbons (Fsp3) is 0.667. The van der Waals surface area contributed by atoms with Crippen molar-refractivity contribution in [3.8, 4) is 0 Å². The van der Waals surface area contributed by atoms with Gasteiger partial charge in [0.15, 0.2) is 0 Å². The van der Waals surface area contributed by atoms with Crippen LogP contribution in [0.25, 0.3) is 0 Å². The fourth-order valence-corrected chi connectivity index (χ4v) is 2.81. The Morgan fingerprint density at radius 3 is 2.44 bits per heavy atom. The van der Waals surface area contributed by atoms with Crippen LogP contribution in [0.1, 0.15) is 20.8 Å². The first-order chi connectivity index (χ1) is 7.14. The van der Waals surface area contributed by atoms with Crippen molar-refractivity contribution in [3.63, 3.8) is 0 Å². The maximum atomic E-state index is 12.1. The number of H-pyrrole nitrogens is 1. The van der Waals surface area contributed by atoms with E-state index in [0.717, 1.165) is 0 Å². The third kappa shape index (κ3) is 2.73. The van der Waals surface area contributed by atoms with Crippen molar-refractivity contribution in [2.45, 2.75) is 25.7 Å². The van der Waals surface area contributed by atoms with E-state index in [-0.39, 0.29) is 16.1 Å². The molecule has 0 aromatic carbocycles. The van der Waals surface area contributed by atoms with E-state index in [1.807, 2.05) is 20.8 Å². The van der Waals surface area contributed by atoms with Crippen LogP contribution < -0.4 is 5.73 Å². The first kappa shape index (κ1) is 13.0. The molecule has 0 unspecified atom stereocenters. The van der Waals surface area contributed by atoms with Crippen LogP contribution in [0.5, 0.6) is 0 Å². The summed E-state index contributed by atoms with van der Waals surface area (Å²) >= 11 is 0. The number of aromatic amines is 1. The summed E-state index contributed by atoms with van der Waals surface area (Å²) in [4.78, 5) is 0.0271. The van der Waals surface area contributed by atoms with Crippen molar-refractivity contribution in [1.82, 2.24) is 14.5 Å². The summed E-state index contributed by atoms with van der Waals surface area (Å²) in [5.74, 6) is 0.0701. The molecule has 0 aliphatic rings. The molecular formula is C9H18N4O2S. The summed E-state index contributed by atoms with van der Waals surface area (Å²) in [5.41, 5.74) is 5.39. The molecule has 0 aliphatic heterocycles. The van der Waals surface area contributed by atoms with Crippen LogP contribution in [-0.4, -0.2) is 36.5 Å². The zero-order valence-corrected chi connectivity index (χ0v) is 10.8. The van der Waals surface area contributed by atoms with Crippen molar-refractivity contribution in [2.24, 2.45) is 5.41 Å². The smallest absolute Gasteiger partial charge is 0.248 e. The number of hydrogen-bond acceptors (Lipinski definition) is 4. The molecule has 0 fully saturated rings. The van der Waals surface area contributed by atoms with E-state index in [1.165, 1.54) is 17.5 Å². The highest BCUT2D eigenvalue weighted by Crippen LogP contribution is 2.22. The van der Waals surface area contributed by atoms with E-state index in [1.54, 1.807) is 0 Å².